The summed E-state index contributed by atoms with van der Waals surface area (Å²) in [6.07, 6.45) is 0. The van der Waals surface area contributed by atoms with Crippen LogP contribution >= 0.6 is 0 Å². The van der Waals surface area contributed by atoms with Gasteiger partial charge >= 0.3 is 6.85 Å². The van der Waals surface area contributed by atoms with E-state index in [1.54, 1.807) is 0 Å². The molecule has 0 unspecified atom stereocenters. The van der Waals surface area contributed by atoms with E-state index in [0.717, 1.165) is 16.6 Å². The highest BCUT2D eigenvalue weighted by molar-refractivity contribution is 6.90. The Morgan fingerprint density at radius 1 is 0.737 bits per heavy atom. The summed E-state index contributed by atoms with van der Waals surface area (Å²) in [5, 5.41) is 8.85. The minimum Gasteiger partial charge on any atom is -0.456 e. The Morgan fingerprint density at radius 2 is 1.53 bits per heavy atom. The minimum absolute atomic E-state index is 0.0590. The zero-order chi connectivity index (χ0) is 25.3. The van der Waals surface area contributed by atoms with Gasteiger partial charge in [0.1, 0.15) is 11.2 Å². The molecule has 4 heterocycles. The quantitative estimate of drug-likeness (QED) is 0.222. The van der Waals surface area contributed by atoms with Crippen molar-refractivity contribution in [3.63, 3.8) is 0 Å². The molecule has 0 spiro atoms. The summed E-state index contributed by atoms with van der Waals surface area (Å²) in [5.41, 5.74) is 13.4. The molecule has 5 aromatic carbocycles. The minimum atomic E-state index is 0.0590. The van der Waals surface area contributed by atoms with Gasteiger partial charge in [0.15, 0.2) is 0 Å². The first-order valence-corrected chi connectivity index (χ1v) is 13.4. The summed E-state index contributed by atoms with van der Waals surface area (Å²) in [5.74, 6) is 0. The molecule has 0 fully saturated rings. The maximum absolute atomic E-state index is 6.47. The SMILES string of the molecule is CC(C)(C)c1ccc2c(c1)B1c3c(cc4oc5ccccc5c4c3N2)-c2cccc3c4ccccc4n1c23. The fourth-order valence-electron chi connectivity index (χ4n) is 7.00. The molecule has 0 radical (unpaired) electrons. The Bertz CT molecular complexity index is 2160. The number of hydrogen-bond acceptors (Lipinski definition) is 2. The van der Waals surface area contributed by atoms with E-state index < -0.39 is 0 Å². The number of para-hydroxylation sites is 3. The predicted molar refractivity (Wildman–Crippen MR) is 161 cm³/mol. The molecular formula is C34H25BN2O. The zero-order valence-corrected chi connectivity index (χ0v) is 21.6. The largest absolute Gasteiger partial charge is 0.456 e. The average Bonchev–Trinajstić information content (AvgIpc) is 3.46. The third kappa shape index (κ3) is 2.41. The lowest BCUT2D eigenvalue weighted by atomic mass is 9.45. The van der Waals surface area contributed by atoms with Crippen LogP contribution < -0.4 is 16.2 Å². The Morgan fingerprint density at radius 3 is 2.39 bits per heavy atom. The van der Waals surface area contributed by atoms with Crippen molar-refractivity contribution in [1.29, 1.82) is 0 Å². The van der Waals surface area contributed by atoms with Crippen molar-refractivity contribution in [3.05, 3.63) is 96.6 Å². The van der Waals surface area contributed by atoms with Gasteiger partial charge in [-0.25, -0.2) is 0 Å². The van der Waals surface area contributed by atoms with Crippen molar-refractivity contribution in [1.82, 2.24) is 4.48 Å². The number of hydrogen-bond donors (Lipinski definition) is 1. The van der Waals surface area contributed by atoms with Crippen LogP contribution in [-0.2, 0) is 5.41 Å². The molecule has 0 amide bonds. The van der Waals surface area contributed by atoms with Gasteiger partial charge in [0, 0.05) is 44.1 Å². The van der Waals surface area contributed by atoms with Crippen molar-refractivity contribution in [2.45, 2.75) is 26.2 Å². The normalized spacial score (nSPS) is 13.8. The molecule has 2 aliphatic rings. The molecule has 0 aliphatic carbocycles. The molecule has 2 aromatic heterocycles. The van der Waals surface area contributed by atoms with Crippen molar-refractivity contribution in [3.8, 4) is 11.1 Å². The smallest absolute Gasteiger partial charge is 0.333 e. The molecule has 2 aliphatic heterocycles. The van der Waals surface area contributed by atoms with Crippen LogP contribution in [0.2, 0.25) is 0 Å². The van der Waals surface area contributed by atoms with Crippen LogP contribution in [0.3, 0.4) is 0 Å². The Kier molecular flexibility index (Phi) is 3.64. The van der Waals surface area contributed by atoms with E-state index in [-0.39, 0.29) is 12.3 Å². The van der Waals surface area contributed by atoms with Gasteiger partial charge in [0.2, 0.25) is 0 Å². The summed E-state index contributed by atoms with van der Waals surface area (Å²) in [7, 11) is 0. The van der Waals surface area contributed by atoms with Crippen molar-refractivity contribution in [2.24, 2.45) is 0 Å². The first-order chi connectivity index (χ1) is 18.5. The highest BCUT2D eigenvalue weighted by atomic mass is 16.3. The van der Waals surface area contributed by atoms with E-state index in [9.17, 15) is 0 Å². The second kappa shape index (κ2) is 6.70. The Balaban J connectivity index is 1.52. The van der Waals surface area contributed by atoms with Crippen LogP contribution in [0.4, 0.5) is 11.4 Å². The first kappa shape index (κ1) is 20.6. The van der Waals surface area contributed by atoms with Gasteiger partial charge in [0.05, 0.1) is 5.39 Å². The number of rotatable bonds is 0. The van der Waals surface area contributed by atoms with Gasteiger partial charge in [0.25, 0.3) is 0 Å². The van der Waals surface area contributed by atoms with Gasteiger partial charge in [-0.2, -0.15) is 0 Å². The van der Waals surface area contributed by atoms with Crippen LogP contribution in [0.5, 0.6) is 0 Å². The molecule has 1 N–H and O–H groups in total. The lowest BCUT2D eigenvalue weighted by Gasteiger charge is -2.35. The van der Waals surface area contributed by atoms with Crippen LogP contribution in [0.15, 0.2) is 95.4 Å². The van der Waals surface area contributed by atoms with E-state index in [1.807, 2.05) is 6.07 Å². The molecule has 7 aromatic rings. The average molecular weight is 488 g/mol. The van der Waals surface area contributed by atoms with Crippen molar-refractivity contribution < 1.29 is 4.42 Å². The van der Waals surface area contributed by atoms with Crippen LogP contribution in [0.1, 0.15) is 26.3 Å². The van der Waals surface area contributed by atoms with E-state index in [0.29, 0.717) is 0 Å². The third-order valence-corrected chi connectivity index (χ3v) is 8.73. The number of benzene rings is 5. The number of fused-ring (bicyclic) bond motifs is 11. The molecule has 3 nitrogen and oxygen atoms in total. The molecule has 0 saturated heterocycles. The number of anilines is 2. The van der Waals surface area contributed by atoms with Gasteiger partial charge in [-0.1, -0.05) is 87.5 Å². The molecule has 0 atom stereocenters. The van der Waals surface area contributed by atoms with Gasteiger partial charge in [-0.15, -0.1) is 0 Å². The Hall–Kier alpha value is -4.44. The van der Waals surface area contributed by atoms with E-state index in [4.69, 9.17) is 4.42 Å². The molecule has 38 heavy (non-hydrogen) atoms. The van der Waals surface area contributed by atoms with Crippen molar-refractivity contribution >= 4 is 72.9 Å². The lowest BCUT2D eigenvalue weighted by molar-refractivity contribution is 0.591. The van der Waals surface area contributed by atoms with Crippen LogP contribution in [0.25, 0.3) is 54.9 Å². The van der Waals surface area contributed by atoms with Gasteiger partial charge < -0.3 is 14.2 Å². The highest BCUT2D eigenvalue weighted by Crippen LogP contribution is 2.45. The second-order valence-electron chi connectivity index (χ2n) is 11.9. The molecule has 4 heteroatoms. The van der Waals surface area contributed by atoms with Gasteiger partial charge in [-0.3, -0.25) is 0 Å². The lowest BCUT2D eigenvalue weighted by Crippen LogP contribution is -2.55. The summed E-state index contributed by atoms with van der Waals surface area (Å²) < 4.78 is 9.07. The van der Waals surface area contributed by atoms with Crippen LogP contribution in [-0.4, -0.2) is 11.3 Å². The maximum atomic E-state index is 6.47. The third-order valence-electron chi connectivity index (χ3n) is 8.73. The first-order valence-electron chi connectivity index (χ1n) is 13.4. The fourth-order valence-corrected chi connectivity index (χ4v) is 7.00. The molecule has 9 rings (SSSR count). The van der Waals surface area contributed by atoms with Gasteiger partial charge in [-0.05, 0) is 51.7 Å². The number of aromatic nitrogens is 1. The topological polar surface area (TPSA) is 30.1 Å². The number of furan rings is 1. The predicted octanol–water partition coefficient (Wildman–Crippen LogP) is 7.68. The van der Waals surface area contributed by atoms with E-state index in [1.165, 1.54) is 66.2 Å². The number of nitrogens with one attached hydrogen (secondary N) is 1. The van der Waals surface area contributed by atoms with E-state index in [2.05, 4.69) is 115 Å². The summed E-state index contributed by atoms with van der Waals surface area (Å²) in [6.45, 7) is 6.95. The summed E-state index contributed by atoms with van der Waals surface area (Å²) in [4.78, 5) is 0. The second-order valence-corrected chi connectivity index (χ2v) is 11.9. The van der Waals surface area contributed by atoms with Crippen molar-refractivity contribution in [2.75, 3.05) is 5.32 Å². The summed E-state index contributed by atoms with van der Waals surface area (Å²) >= 11 is 0. The van der Waals surface area contributed by atoms with E-state index >= 15 is 0 Å². The summed E-state index contributed by atoms with van der Waals surface area (Å²) in [6, 6.07) is 33.3. The molecule has 0 saturated carbocycles. The standard InChI is InChI=1S/C34H25BN2O/c1-34(2,3)19-15-16-26-25(17-19)35-31-24(18-29-30(32(31)36-26)23-10-5-7-14-28(23)38-29)22-12-8-11-21-20-9-4-6-13-27(20)37(35)33(21)22/h4-18,36H,1-3H3. The highest BCUT2D eigenvalue weighted by Gasteiger charge is 2.41. The van der Waals surface area contributed by atoms with Crippen LogP contribution in [0, 0.1) is 0 Å². The molecule has 0 bridgehead atoms. The molecular weight excluding hydrogens is 463 g/mol. The monoisotopic (exact) mass is 488 g/mol. The Labute approximate surface area is 220 Å². The fraction of sp³-hybridized carbons (Fsp3) is 0.118. The number of nitrogens with zero attached hydrogens (tertiary/aromatic N) is 1. The molecule has 180 valence electrons. The maximum Gasteiger partial charge on any atom is 0.333 e. The zero-order valence-electron chi connectivity index (χ0n) is 21.6.